The largest absolute Gasteiger partial charge is 0.287 e. The number of imide groups is 1. The molecule has 3 amide bonds. The number of non-ortho nitro benzene ring substituents is 1. The van der Waals surface area contributed by atoms with Crippen LogP contribution >= 0.6 is 0 Å². The van der Waals surface area contributed by atoms with Crippen molar-refractivity contribution in [2.75, 3.05) is 4.90 Å². The fourth-order valence-electron chi connectivity index (χ4n) is 2.58. The Morgan fingerprint density at radius 2 is 1.85 bits per heavy atom. The second-order valence-electron chi connectivity index (χ2n) is 5.57. The topological polar surface area (TPSA) is 122 Å². The quantitative estimate of drug-likeness (QED) is 0.472. The molecular weight excluding hydrogens is 340 g/mol. The average Bonchev–Trinajstić information content (AvgIpc) is 2.94. The van der Waals surface area contributed by atoms with E-state index in [4.69, 9.17) is 0 Å². The first-order valence-electron chi connectivity index (χ1n) is 7.69. The number of hydrazine groups is 1. The van der Waals surface area contributed by atoms with Gasteiger partial charge in [-0.15, -0.1) is 0 Å². The lowest BCUT2D eigenvalue weighted by atomic mass is 10.2. The van der Waals surface area contributed by atoms with Crippen LogP contribution in [-0.2, 0) is 9.59 Å². The van der Waals surface area contributed by atoms with E-state index in [2.05, 4.69) is 10.9 Å². The minimum atomic E-state index is -0.912. The van der Waals surface area contributed by atoms with Crippen LogP contribution in [0.25, 0.3) is 0 Å². The van der Waals surface area contributed by atoms with Crippen LogP contribution < -0.4 is 15.8 Å². The fourth-order valence-corrected chi connectivity index (χ4v) is 2.58. The Morgan fingerprint density at radius 1 is 1.12 bits per heavy atom. The molecule has 0 bridgehead atoms. The molecule has 2 N–H and O–H groups in total. The van der Waals surface area contributed by atoms with Crippen molar-refractivity contribution in [3.63, 3.8) is 0 Å². The van der Waals surface area contributed by atoms with Gasteiger partial charge in [0.1, 0.15) is 6.04 Å². The highest BCUT2D eigenvalue weighted by Crippen LogP contribution is 2.22. The molecule has 0 unspecified atom stereocenters. The van der Waals surface area contributed by atoms with Crippen LogP contribution in [0.15, 0.2) is 54.6 Å². The van der Waals surface area contributed by atoms with Crippen molar-refractivity contribution in [2.45, 2.75) is 12.5 Å². The molecule has 0 spiro atoms. The molecule has 26 heavy (non-hydrogen) atoms. The summed E-state index contributed by atoms with van der Waals surface area (Å²) in [6.45, 7) is 0. The Bertz CT molecular complexity index is 884. The Morgan fingerprint density at radius 3 is 2.54 bits per heavy atom. The Balaban J connectivity index is 1.66. The third-order valence-corrected chi connectivity index (χ3v) is 3.84. The predicted molar refractivity (Wildman–Crippen MR) is 91.0 cm³/mol. The van der Waals surface area contributed by atoms with Gasteiger partial charge in [0.05, 0.1) is 17.0 Å². The monoisotopic (exact) mass is 354 g/mol. The first kappa shape index (κ1) is 17.2. The molecule has 0 aliphatic carbocycles. The number of carbonyl (C=O) groups excluding carboxylic acids is 3. The molecular formula is C17H14N4O5. The van der Waals surface area contributed by atoms with Crippen molar-refractivity contribution >= 4 is 29.1 Å². The molecule has 2 aromatic rings. The molecule has 0 saturated carbocycles. The van der Waals surface area contributed by atoms with Gasteiger partial charge >= 0.3 is 0 Å². The molecule has 1 atom stereocenters. The van der Waals surface area contributed by atoms with E-state index in [9.17, 15) is 24.5 Å². The number of nitro benzene ring substituents is 1. The van der Waals surface area contributed by atoms with E-state index in [0.29, 0.717) is 5.69 Å². The molecule has 0 aromatic heterocycles. The minimum Gasteiger partial charge on any atom is -0.287 e. The summed E-state index contributed by atoms with van der Waals surface area (Å²) < 4.78 is 0. The number of carbonyl (C=O) groups is 3. The second kappa shape index (κ2) is 7.11. The molecule has 132 valence electrons. The van der Waals surface area contributed by atoms with Gasteiger partial charge in [0.2, 0.25) is 5.91 Å². The SMILES string of the molecule is O=C(NN[C@@H]1CC(=O)N(c2ccccc2)C1=O)c1cccc([N+](=O)[O-])c1. The van der Waals surface area contributed by atoms with Crippen LogP contribution in [0, 0.1) is 10.1 Å². The number of anilines is 1. The van der Waals surface area contributed by atoms with E-state index < -0.39 is 22.8 Å². The molecule has 0 radical (unpaired) electrons. The zero-order valence-corrected chi connectivity index (χ0v) is 13.4. The van der Waals surface area contributed by atoms with Crippen molar-refractivity contribution in [3.8, 4) is 0 Å². The zero-order valence-electron chi connectivity index (χ0n) is 13.4. The number of hydrogen-bond donors (Lipinski definition) is 2. The number of benzene rings is 2. The van der Waals surface area contributed by atoms with E-state index >= 15 is 0 Å². The summed E-state index contributed by atoms with van der Waals surface area (Å²) in [5.41, 5.74) is 5.14. The summed E-state index contributed by atoms with van der Waals surface area (Å²) in [6.07, 6.45) is -0.108. The molecule has 1 saturated heterocycles. The standard InChI is InChI=1S/C17H14N4O5/c22-15-10-14(17(24)20(15)12-6-2-1-3-7-12)18-19-16(23)11-5-4-8-13(9-11)21(25)26/h1-9,14,18H,10H2,(H,19,23)/t14-/m1/s1. The summed E-state index contributed by atoms with van der Waals surface area (Å²) in [5.74, 6) is -1.52. The lowest BCUT2D eigenvalue weighted by Gasteiger charge is -2.15. The van der Waals surface area contributed by atoms with E-state index in [-0.39, 0.29) is 23.6 Å². The van der Waals surface area contributed by atoms with Gasteiger partial charge in [-0.1, -0.05) is 24.3 Å². The maximum absolute atomic E-state index is 12.4. The van der Waals surface area contributed by atoms with Crippen LogP contribution in [0.2, 0.25) is 0 Å². The van der Waals surface area contributed by atoms with Crippen LogP contribution in [0.3, 0.4) is 0 Å². The van der Waals surface area contributed by atoms with Gasteiger partial charge < -0.3 is 0 Å². The summed E-state index contributed by atoms with van der Waals surface area (Å²) in [7, 11) is 0. The highest BCUT2D eigenvalue weighted by molar-refractivity contribution is 6.22. The highest BCUT2D eigenvalue weighted by Gasteiger charge is 2.39. The first-order valence-corrected chi connectivity index (χ1v) is 7.69. The predicted octanol–water partition coefficient (Wildman–Crippen LogP) is 1.16. The van der Waals surface area contributed by atoms with Gasteiger partial charge in [-0.25, -0.2) is 10.3 Å². The van der Waals surface area contributed by atoms with Gasteiger partial charge in [-0.3, -0.25) is 29.9 Å². The van der Waals surface area contributed by atoms with E-state index in [1.807, 2.05) is 0 Å². The molecule has 3 rings (SSSR count). The summed E-state index contributed by atoms with van der Waals surface area (Å²) in [4.78, 5) is 47.8. The summed E-state index contributed by atoms with van der Waals surface area (Å²) >= 11 is 0. The Kier molecular flexibility index (Phi) is 4.72. The lowest BCUT2D eigenvalue weighted by molar-refractivity contribution is -0.384. The van der Waals surface area contributed by atoms with Crippen molar-refractivity contribution in [1.82, 2.24) is 10.9 Å². The Hall–Kier alpha value is -3.59. The number of nitro groups is 1. The normalized spacial score (nSPS) is 16.6. The number of hydrogen-bond acceptors (Lipinski definition) is 6. The number of nitrogens with zero attached hydrogens (tertiary/aromatic N) is 2. The highest BCUT2D eigenvalue weighted by atomic mass is 16.6. The van der Waals surface area contributed by atoms with Crippen LogP contribution in [0.4, 0.5) is 11.4 Å². The molecule has 1 aliphatic rings. The van der Waals surface area contributed by atoms with Crippen molar-refractivity contribution in [2.24, 2.45) is 0 Å². The second-order valence-corrected chi connectivity index (χ2v) is 5.57. The van der Waals surface area contributed by atoms with E-state index in [0.717, 1.165) is 11.0 Å². The van der Waals surface area contributed by atoms with E-state index in [1.165, 1.54) is 18.2 Å². The molecule has 1 aliphatic heterocycles. The third kappa shape index (κ3) is 3.42. The fraction of sp³-hybridized carbons (Fsp3) is 0.118. The van der Waals surface area contributed by atoms with Gasteiger partial charge in [-0.2, -0.15) is 0 Å². The maximum atomic E-state index is 12.4. The lowest BCUT2D eigenvalue weighted by Crippen LogP contribution is -2.48. The van der Waals surface area contributed by atoms with Gasteiger partial charge in [0, 0.05) is 17.7 Å². The van der Waals surface area contributed by atoms with Gasteiger partial charge in [0.15, 0.2) is 0 Å². The maximum Gasteiger partial charge on any atom is 0.270 e. The summed E-state index contributed by atoms with van der Waals surface area (Å²) in [5, 5.41) is 10.8. The van der Waals surface area contributed by atoms with E-state index in [1.54, 1.807) is 30.3 Å². The van der Waals surface area contributed by atoms with Gasteiger partial charge in [-0.05, 0) is 18.2 Å². The molecule has 2 aromatic carbocycles. The number of para-hydroxylation sites is 1. The smallest absolute Gasteiger partial charge is 0.270 e. The van der Waals surface area contributed by atoms with Crippen LogP contribution in [-0.4, -0.2) is 28.7 Å². The average molecular weight is 354 g/mol. The van der Waals surface area contributed by atoms with Crippen molar-refractivity contribution < 1.29 is 19.3 Å². The zero-order chi connectivity index (χ0) is 18.7. The van der Waals surface area contributed by atoms with Crippen molar-refractivity contribution in [1.29, 1.82) is 0 Å². The molecule has 9 heteroatoms. The van der Waals surface area contributed by atoms with Crippen LogP contribution in [0.5, 0.6) is 0 Å². The molecule has 1 heterocycles. The van der Waals surface area contributed by atoms with Crippen molar-refractivity contribution in [3.05, 3.63) is 70.3 Å². The van der Waals surface area contributed by atoms with Crippen LogP contribution in [0.1, 0.15) is 16.8 Å². The molecule has 1 fully saturated rings. The third-order valence-electron chi connectivity index (χ3n) is 3.84. The number of rotatable bonds is 5. The summed E-state index contributed by atoms with van der Waals surface area (Å²) in [6, 6.07) is 12.7. The molecule has 9 nitrogen and oxygen atoms in total. The number of amides is 3. The van der Waals surface area contributed by atoms with Gasteiger partial charge in [0.25, 0.3) is 17.5 Å². The first-order chi connectivity index (χ1) is 12.5. The number of nitrogens with one attached hydrogen (secondary N) is 2. The minimum absolute atomic E-state index is 0.0587. The Labute approximate surface area is 147 Å².